The first kappa shape index (κ1) is 7.48. The predicted molar refractivity (Wildman–Crippen MR) is 43.3 cm³/mol. The van der Waals surface area contributed by atoms with Gasteiger partial charge in [-0.15, -0.1) is 0 Å². The maximum absolute atomic E-state index is 4.66. The van der Waals surface area contributed by atoms with Crippen LogP contribution in [0.4, 0.5) is 0 Å². The Kier molecular flexibility index (Phi) is 5.78. The van der Waals surface area contributed by atoms with Crippen LogP contribution in [-0.4, -0.2) is 0 Å². The van der Waals surface area contributed by atoms with Gasteiger partial charge in [0.15, 0.2) is 0 Å². The minimum absolute atomic E-state index is 0.603. The Bertz CT molecular complexity index is 128. The normalized spacial score (nSPS) is 8.00. The zero-order valence-electron chi connectivity index (χ0n) is 2.53. The molecule has 6 heavy (non-hydrogen) atoms. The van der Waals surface area contributed by atoms with E-state index in [1.54, 1.807) is 0 Å². The molecule has 0 aliphatic heterocycles. The van der Waals surface area contributed by atoms with E-state index in [1.807, 2.05) is 0 Å². The zero-order valence-corrected chi connectivity index (χ0v) is 7.58. The fourth-order valence-electron chi connectivity index (χ4n) is 0.0272. The van der Waals surface area contributed by atoms with Crippen molar-refractivity contribution < 1.29 is 0 Å². The highest BCUT2D eigenvalue weighted by Gasteiger charge is 1.58. The predicted octanol–water partition coefficient (Wildman–Crippen LogP) is 1.71. The van der Waals surface area contributed by atoms with Crippen molar-refractivity contribution in [3.8, 4) is 0 Å². The van der Waals surface area contributed by atoms with Gasteiger partial charge in [-0.05, 0) is 44.3 Å². The zero-order chi connectivity index (χ0) is 4.99. The van der Waals surface area contributed by atoms with Gasteiger partial charge < -0.3 is 0 Å². The summed E-state index contributed by atoms with van der Waals surface area (Å²) in [6.07, 6.45) is 0. The van der Waals surface area contributed by atoms with Gasteiger partial charge in [0.2, 0.25) is 0 Å². The highest BCUT2D eigenvalue weighted by molar-refractivity contribution is 8.62. The second-order valence-corrected chi connectivity index (χ2v) is 10.6. The lowest BCUT2D eigenvalue weighted by molar-refractivity contribution is 5.49. The first-order chi connectivity index (χ1) is 2.77. The molecule has 6 heteroatoms. The first-order valence-corrected chi connectivity index (χ1v) is 8.23. The van der Waals surface area contributed by atoms with E-state index in [-0.39, 0.29) is 0 Å². The average molecular weight is 190 g/mol. The lowest BCUT2D eigenvalue weighted by Crippen LogP contribution is -1.05. The Morgan fingerprint density at radius 1 is 1.50 bits per heavy atom. The van der Waals surface area contributed by atoms with E-state index in [2.05, 4.69) is 34.8 Å². The van der Waals surface area contributed by atoms with E-state index in [9.17, 15) is 0 Å². The van der Waals surface area contributed by atoms with Crippen LogP contribution in [0.3, 0.4) is 0 Å². The highest BCUT2D eigenvalue weighted by atomic mass is 33.0. The smallest absolute Gasteiger partial charge is 0.0401 e. The molecule has 0 saturated heterocycles. The summed E-state index contributed by atoms with van der Waals surface area (Å²) in [5, 5.41) is -0.603. The van der Waals surface area contributed by atoms with Crippen LogP contribution < -0.4 is 0 Å². The van der Waals surface area contributed by atoms with Gasteiger partial charge >= 0.3 is 0 Å². The summed E-state index contributed by atoms with van der Waals surface area (Å²) in [7, 11) is 2.29. The summed E-state index contributed by atoms with van der Waals surface area (Å²) < 4.78 is 0. The molecular formula is P2S4. The Hall–Kier alpha value is 1.48. The third-order valence-electron chi connectivity index (χ3n) is 0.100. The molecule has 0 aliphatic carbocycles. The molecule has 0 amide bonds. The van der Waals surface area contributed by atoms with Crippen LogP contribution in [0, 0.1) is 0 Å². The van der Waals surface area contributed by atoms with Gasteiger partial charge in [-0.1, -0.05) is 0 Å². The van der Waals surface area contributed by atoms with Crippen LogP contribution in [0.5, 0.6) is 0 Å². The quantitative estimate of drug-likeness (QED) is 0.578. The first-order valence-electron chi connectivity index (χ1n) is 0.914. The number of hydrogen-bond acceptors (Lipinski definition) is 3. The molecule has 0 radical (unpaired) electrons. The second-order valence-electron chi connectivity index (χ2n) is 0.394. The Labute approximate surface area is 56.4 Å². The molecule has 0 heterocycles. The molecule has 0 atom stereocenters. The minimum Gasteiger partial charge on any atom is -0.0401 e. The van der Waals surface area contributed by atoms with Gasteiger partial charge in [-0.3, -0.25) is 0 Å². The minimum atomic E-state index is -0.603. The molecule has 0 aromatic rings. The molecule has 0 aromatic carbocycles. The van der Waals surface area contributed by atoms with E-state index in [4.69, 9.17) is 0 Å². The maximum Gasteiger partial charge on any atom is 0.0738 e. The largest absolute Gasteiger partial charge is 0.0738 e. The van der Waals surface area contributed by atoms with Crippen molar-refractivity contribution in [1.82, 2.24) is 0 Å². The van der Waals surface area contributed by atoms with Crippen molar-refractivity contribution in [1.29, 1.82) is 0 Å². The van der Waals surface area contributed by atoms with E-state index < -0.39 is 5.16 Å². The van der Waals surface area contributed by atoms with Gasteiger partial charge in [0.05, 0.1) is 12.2 Å². The Morgan fingerprint density at radius 3 is 2.00 bits per heavy atom. The standard InChI is InChI=1S/P2S4/c3-2(4)1-6-5. The van der Waals surface area contributed by atoms with Crippen molar-refractivity contribution >= 4 is 56.5 Å². The molecule has 0 spiro atoms. The van der Waals surface area contributed by atoms with Crippen molar-refractivity contribution in [2.75, 3.05) is 0 Å². The molecule has 0 rings (SSSR count). The molecular weight excluding hydrogens is 190 g/mol. The maximum atomic E-state index is 4.66. The number of hydrogen-bond donors (Lipinski definition) is 0. The molecule has 0 N–H and O–H groups in total. The van der Waals surface area contributed by atoms with Crippen LogP contribution in [0.2, 0.25) is 0 Å². The van der Waals surface area contributed by atoms with Crippen molar-refractivity contribution in [2.45, 2.75) is 0 Å². The SMILES string of the molecule is S=S=PP(=S)=S. The third-order valence-corrected chi connectivity index (χ3v) is 8.10. The topological polar surface area (TPSA) is 0 Å². The van der Waals surface area contributed by atoms with Crippen LogP contribution in [0.15, 0.2) is 0 Å². The summed E-state index contributed by atoms with van der Waals surface area (Å²) >= 11 is 13.8. The molecule has 0 unspecified atom stereocenters. The van der Waals surface area contributed by atoms with Crippen molar-refractivity contribution in [2.24, 2.45) is 0 Å². The Balaban J connectivity index is 3.98. The van der Waals surface area contributed by atoms with Crippen LogP contribution >= 0.6 is 12.2 Å². The summed E-state index contributed by atoms with van der Waals surface area (Å²) in [4.78, 5) is 0. The second kappa shape index (κ2) is 4.63. The summed E-state index contributed by atoms with van der Waals surface area (Å²) in [5.74, 6) is 0. The van der Waals surface area contributed by atoms with E-state index in [0.29, 0.717) is 0 Å². The van der Waals surface area contributed by atoms with Crippen molar-refractivity contribution in [3.05, 3.63) is 0 Å². The third kappa shape index (κ3) is 5.48. The molecule has 0 fully saturated rings. The molecule has 34 valence electrons. The van der Waals surface area contributed by atoms with E-state index >= 15 is 0 Å². The molecule has 0 saturated carbocycles. The van der Waals surface area contributed by atoms with E-state index in [0.717, 1.165) is 7.04 Å². The van der Waals surface area contributed by atoms with Gasteiger partial charge in [-0.2, -0.15) is 0 Å². The fourth-order valence-corrected chi connectivity index (χ4v) is 6.61. The van der Waals surface area contributed by atoms with Crippen molar-refractivity contribution in [3.63, 3.8) is 0 Å². The monoisotopic (exact) mass is 190 g/mol. The van der Waals surface area contributed by atoms with Gasteiger partial charge in [0, 0.05) is 0 Å². The van der Waals surface area contributed by atoms with Crippen LogP contribution in [0.1, 0.15) is 0 Å². The number of rotatable bonds is 1. The average Bonchev–Trinajstić information content (AvgIpc) is 1.35. The summed E-state index contributed by atoms with van der Waals surface area (Å²) in [5.41, 5.74) is 0. The lowest BCUT2D eigenvalue weighted by Gasteiger charge is -1.50. The fraction of sp³-hybridized carbons (Fsp3) is 0. The van der Waals surface area contributed by atoms with Gasteiger partial charge in [0.1, 0.15) is 0 Å². The molecule has 0 aliphatic rings. The van der Waals surface area contributed by atoms with Gasteiger partial charge in [-0.25, -0.2) is 0 Å². The van der Waals surface area contributed by atoms with Crippen LogP contribution in [0.25, 0.3) is 0 Å². The summed E-state index contributed by atoms with van der Waals surface area (Å²) in [6, 6.07) is 0. The van der Waals surface area contributed by atoms with Gasteiger partial charge in [0.25, 0.3) is 0 Å². The molecule has 0 nitrogen and oxygen atoms in total. The molecule has 0 aromatic heterocycles. The van der Waals surface area contributed by atoms with E-state index in [1.165, 1.54) is 9.50 Å². The summed E-state index contributed by atoms with van der Waals surface area (Å²) in [6.45, 7) is 0. The van der Waals surface area contributed by atoms with Crippen LogP contribution in [-0.2, 0) is 44.3 Å². The lowest BCUT2D eigenvalue weighted by atomic mass is 29.7. The molecule has 0 bridgehead atoms. The highest BCUT2D eigenvalue weighted by Crippen LogP contribution is 2.22. The Morgan fingerprint density at radius 2 is 2.00 bits per heavy atom.